The van der Waals surface area contributed by atoms with Gasteiger partial charge in [0.2, 0.25) is 5.91 Å². The summed E-state index contributed by atoms with van der Waals surface area (Å²) in [5.41, 5.74) is 7.73. The van der Waals surface area contributed by atoms with Crippen LogP contribution in [-0.2, 0) is 11.3 Å². The van der Waals surface area contributed by atoms with Crippen LogP contribution in [0.5, 0.6) is 0 Å². The van der Waals surface area contributed by atoms with E-state index in [-0.39, 0.29) is 5.91 Å². The smallest absolute Gasteiger partial charge is 0.220 e. The molecule has 1 atom stereocenters. The Morgan fingerprint density at radius 2 is 2.26 bits per heavy atom. The van der Waals surface area contributed by atoms with Crippen molar-refractivity contribution in [2.75, 3.05) is 13.1 Å². The Balaban J connectivity index is 2.13. The molecule has 0 saturated heterocycles. The predicted molar refractivity (Wildman–Crippen MR) is 76.8 cm³/mol. The van der Waals surface area contributed by atoms with E-state index >= 15 is 0 Å². The van der Waals surface area contributed by atoms with Crippen molar-refractivity contribution in [2.24, 2.45) is 11.7 Å². The molecule has 0 fully saturated rings. The van der Waals surface area contributed by atoms with E-state index in [1.165, 1.54) is 5.69 Å². The van der Waals surface area contributed by atoms with Crippen LogP contribution in [0.4, 0.5) is 0 Å². The van der Waals surface area contributed by atoms with Gasteiger partial charge in [-0.05, 0) is 45.2 Å². The molecule has 1 amide bonds. The third kappa shape index (κ3) is 5.87. The van der Waals surface area contributed by atoms with E-state index in [9.17, 15) is 4.79 Å². The van der Waals surface area contributed by atoms with E-state index in [1.54, 1.807) is 0 Å². The van der Waals surface area contributed by atoms with Crippen LogP contribution in [0.25, 0.3) is 0 Å². The molecule has 3 N–H and O–H groups in total. The number of hydrogen-bond donors (Lipinski definition) is 2. The summed E-state index contributed by atoms with van der Waals surface area (Å²) < 4.78 is 1.98. The molecule has 0 bridgehead atoms. The van der Waals surface area contributed by atoms with Gasteiger partial charge < -0.3 is 11.1 Å². The van der Waals surface area contributed by atoms with Gasteiger partial charge in [0.1, 0.15) is 0 Å². The van der Waals surface area contributed by atoms with Crippen molar-refractivity contribution in [2.45, 2.75) is 46.6 Å². The Labute approximate surface area is 115 Å². The van der Waals surface area contributed by atoms with Crippen molar-refractivity contribution in [1.82, 2.24) is 15.1 Å². The second-order valence-electron chi connectivity index (χ2n) is 5.23. The molecule has 0 aliphatic carbocycles. The fourth-order valence-corrected chi connectivity index (χ4v) is 1.94. The van der Waals surface area contributed by atoms with Crippen molar-refractivity contribution in [3.05, 3.63) is 17.5 Å². The third-order valence-corrected chi connectivity index (χ3v) is 3.24. The van der Waals surface area contributed by atoms with E-state index in [1.807, 2.05) is 18.5 Å². The van der Waals surface area contributed by atoms with Gasteiger partial charge >= 0.3 is 0 Å². The number of hydrogen-bond acceptors (Lipinski definition) is 3. The second kappa shape index (κ2) is 7.94. The number of rotatable bonds is 8. The molecule has 0 radical (unpaired) electrons. The minimum absolute atomic E-state index is 0.119. The van der Waals surface area contributed by atoms with E-state index in [0.717, 1.165) is 25.1 Å². The maximum absolute atomic E-state index is 11.6. The summed E-state index contributed by atoms with van der Waals surface area (Å²) in [5, 5.41) is 7.33. The van der Waals surface area contributed by atoms with Crippen molar-refractivity contribution in [3.63, 3.8) is 0 Å². The van der Waals surface area contributed by atoms with Crippen LogP contribution >= 0.6 is 0 Å². The SMILES string of the molecule is Cc1cc(C)n(CCCNC(=O)CCC(C)CN)n1. The number of nitrogens with zero attached hydrogens (tertiary/aromatic N) is 2. The highest BCUT2D eigenvalue weighted by Gasteiger charge is 2.05. The van der Waals surface area contributed by atoms with Gasteiger partial charge in [-0.25, -0.2) is 0 Å². The number of amides is 1. The van der Waals surface area contributed by atoms with Crippen LogP contribution in [-0.4, -0.2) is 28.8 Å². The van der Waals surface area contributed by atoms with Gasteiger partial charge in [-0.15, -0.1) is 0 Å². The van der Waals surface area contributed by atoms with Gasteiger partial charge in [0.25, 0.3) is 0 Å². The van der Waals surface area contributed by atoms with Crippen molar-refractivity contribution in [1.29, 1.82) is 0 Å². The second-order valence-corrected chi connectivity index (χ2v) is 5.23. The monoisotopic (exact) mass is 266 g/mol. The Hall–Kier alpha value is -1.36. The highest BCUT2D eigenvalue weighted by Crippen LogP contribution is 2.03. The number of aromatic nitrogens is 2. The predicted octanol–water partition coefficient (Wildman–Crippen LogP) is 1.38. The third-order valence-electron chi connectivity index (χ3n) is 3.24. The zero-order chi connectivity index (χ0) is 14.3. The molecule has 5 nitrogen and oxygen atoms in total. The number of nitrogens with two attached hydrogens (primary N) is 1. The van der Waals surface area contributed by atoms with E-state index < -0.39 is 0 Å². The minimum Gasteiger partial charge on any atom is -0.356 e. The molecular formula is C14H26N4O. The molecule has 108 valence electrons. The van der Waals surface area contributed by atoms with Gasteiger partial charge in [-0.1, -0.05) is 6.92 Å². The zero-order valence-electron chi connectivity index (χ0n) is 12.3. The Morgan fingerprint density at radius 3 is 2.84 bits per heavy atom. The Kier molecular flexibility index (Phi) is 6.56. The molecule has 0 saturated carbocycles. The molecule has 1 rings (SSSR count). The summed E-state index contributed by atoms with van der Waals surface area (Å²) in [6.07, 6.45) is 2.33. The van der Waals surface area contributed by atoms with Gasteiger partial charge in [0, 0.05) is 25.2 Å². The van der Waals surface area contributed by atoms with E-state index in [2.05, 4.69) is 23.4 Å². The van der Waals surface area contributed by atoms with E-state index in [0.29, 0.717) is 25.4 Å². The fourth-order valence-electron chi connectivity index (χ4n) is 1.94. The van der Waals surface area contributed by atoms with Gasteiger partial charge in [-0.3, -0.25) is 9.48 Å². The first-order valence-electron chi connectivity index (χ1n) is 7.00. The largest absolute Gasteiger partial charge is 0.356 e. The van der Waals surface area contributed by atoms with Gasteiger partial charge in [-0.2, -0.15) is 5.10 Å². The average molecular weight is 266 g/mol. The van der Waals surface area contributed by atoms with Crippen molar-refractivity contribution >= 4 is 5.91 Å². The Morgan fingerprint density at radius 1 is 1.53 bits per heavy atom. The first-order valence-corrected chi connectivity index (χ1v) is 7.00. The van der Waals surface area contributed by atoms with Gasteiger partial charge in [0.05, 0.1) is 5.69 Å². The highest BCUT2D eigenvalue weighted by atomic mass is 16.1. The van der Waals surface area contributed by atoms with Crippen LogP contribution in [0.2, 0.25) is 0 Å². The lowest BCUT2D eigenvalue weighted by Crippen LogP contribution is -2.26. The summed E-state index contributed by atoms with van der Waals surface area (Å²) >= 11 is 0. The van der Waals surface area contributed by atoms with Crippen LogP contribution < -0.4 is 11.1 Å². The van der Waals surface area contributed by atoms with Crippen LogP contribution in [0.15, 0.2) is 6.07 Å². The molecule has 0 spiro atoms. The normalized spacial score (nSPS) is 12.4. The lowest BCUT2D eigenvalue weighted by molar-refractivity contribution is -0.121. The topological polar surface area (TPSA) is 72.9 Å². The Bertz CT molecular complexity index is 400. The van der Waals surface area contributed by atoms with Crippen LogP contribution in [0, 0.1) is 19.8 Å². The standard InChI is InChI=1S/C14H26N4O/c1-11(10-15)5-6-14(19)16-7-4-8-18-13(3)9-12(2)17-18/h9,11H,4-8,10,15H2,1-3H3,(H,16,19). The molecule has 1 unspecified atom stereocenters. The maximum Gasteiger partial charge on any atom is 0.220 e. The highest BCUT2D eigenvalue weighted by molar-refractivity contribution is 5.75. The number of carbonyl (C=O) groups is 1. The lowest BCUT2D eigenvalue weighted by atomic mass is 10.1. The van der Waals surface area contributed by atoms with Crippen molar-refractivity contribution in [3.8, 4) is 0 Å². The summed E-state index contributed by atoms with van der Waals surface area (Å²) in [6, 6.07) is 2.06. The minimum atomic E-state index is 0.119. The molecule has 19 heavy (non-hydrogen) atoms. The van der Waals surface area contributed by atoms with Crippen molar-refractivity contribution < 1.29 is 4.79 Å². The fraction of sp³-hybridized carbons (Fsp3) is 0.714. The number of nitrogens with one attached hydrogen (secondary N) is 1. The summed E-state index contributed by atoms with van der Waals surface area (Å²) in [5.74, 6) is 0.536. The molecule has 0 aliphatic rings. The number of carbonyl (C=O) groups excluding carboxylic acids is 1. The van der Waals surface area contributed by atoms with Crippen LogP contribution in [0.3, 0.4) is 0 Å². The average Bonchev–Trinajstić information content (AvgIpc) is 2.70. The summed E-state index contributed by atoms with van der Waals surface area (Å²) in [6.45, 7) is 8.30. The zero-order valence-corrected chi connectivity index (χ0v) is 12.3. The molecule has 0 aliphatic heterocycles. The molecule has 1 aromatic rings. The van der Waals surface area contributed by atoms with E-state index in [4.69, 9.17) is 5.73 Å². The first-order chi connectivity index (χ1) is 9.02. The molecule has 1 heterocycles. The molecule has 5 heteroatoms. The van der Waals surface area contributed by atoms with Crippen LogP contribution in [0.1, 0.15) is 37.6 Å². The molecule has 1 aromatic heterocycles. The molecule has 0 aromatic carbocycles. The summed E-state index contributed by atoms with van der Waals surface area (Å²) in [7, 11) is 0. The number of aryl methyl sites for hydroxylation is 3. The maximum atomic E-state index is 11.6. The lowest BCUT2D eigenvalue weighted by Gasteiger charge is -2.09. The summed E-state index contributed by atoms with van der Waals surface area (Å²) in [4.78, 5) is 11.6. The van der Waals surface area contributed by atoms with Gasteiger partial charge in [0.15, 0.2) is 0 Å². The quantitative estimate of drug-likeness (QED) is 0.698. The first kappa shape index (κ1) is 15.7. The molecular weight excluding hydrogens is 240 g/mol.